The van der Waals surface area contributed by atoms with Crippen LogP contribution >= 0.6 is 0 Å². The van der Waals surface area contributed by atoms with Gasteiger partial charge < -0.3 is 0 Å². The van der Waals surface area contributed by atoms with Crippen LogP contribution in [-0.4, -0.2) is 5.78 Å². The van der Waals surface area contributed by atoms with E-state index in [1.807, 2.05) is 0 Å². The van der Waals surface area contributed by atoms with Gasteiger partial charge in [0.05, 0.1) is 5.56 Å². The third kappa shape index (κ3) is 2.08. The zero-order valence-electron chi connectivity index (χ0n) is 8.14. The number of carbonyl (C=O) groups is 1. The Labute approximate surface area is 89.1 Å². The first-order valence-corrected chi connectivity index (χ1v) is 4.80. The molecule has 1 fully saturated rings. The van der Waals surface area contributed by atoms with E-state index in [0.717, 1.165) is 12.1 Å². The van der Waals surface area contributed by atoms with Gasteiger partial charge in [0.15, 0.2) is 5.78 Å². The van der Waals surface area contributed by atoms with Crippen molar-refractivity contribution in [3.63, 3.8) is 0 Å². The molecule has 1 aliphatic carbocycles. The van der Waals surface area contributed by atoms with Crippen molar-refractivity contribution in [2.75, 3.05) is 0 Å². The number of carbonyl (C=O) groups excluding carboxylic acids is 1. The lowest BCUT2D eigenvalue weighted by molar-refractivity contribution is -0.138. The van der Waals surface area contributed by atoms with Crippen molar-refractivity contribution in [1.29, 1.82) is 0 Å². The molecule has 0 unspecified atom stereocenters. The number of Topliss-reactive ketones (excluding diaryl/α,β-unsaturated/α-hetero) is 1. The number of ketones is 1. The highest BCUT2D eigenvalue weighted by Crippen LogP contribution is 2.38. The van der Waals surface area contributed by atoms with Gasteiger partial charge in [0.25, 0.3) is 0 Å². The van der Waals surface area contributed by atoms with Crippen LogP contribution in [0.25, 0.3) is 0 Å². The predicted molar refractivity (Wildman–Crippen MR) is 48.5 cm³/mol. The Morgan fingerprint density at radius 3 is 2.38 bits per heavy atom. The Balaban J connectivity index is 2.47. The molecule has 2 rings (SSSR count). The molecule has 0 bridgehead atoms. The fourth-order valence-electron chi connectivity index (χ4n) is 1.53. The van der Waals surface area contributed by atoms with Crippen molar-refractivity contribution in [2.24, 2.45) is 5.92 Å². The van der Waals surface area contributed by atoms with Crippen LogP contribution in [-0.2, 0) is 6.18 Å². The van der Waals surface area contributed by atoms with E-state index in [0.29, 0.717) is 18.9 Å². The summed E-state index contributed by atoms with van der Waals surface area (Å²) in [7, 11) is 0. The molecule has 1 nitrogen and oxygen atoms in total. The third-order valence-corrected chi connectivity index (χ3v) is 2.50. The molecule has 0 saturated heterocycles. The molecule has 0 aliphatic heterocycles. The fourth-order valence-corrected chi connectivity index (χ4v) is 1.53. The minimum atomic E-state index is -4.69. The van der Waals surface area contributed by atoms with Gasteiger partial charge in [-0.25, -0.2) is 4.39 Å². The first kappa shape index (κ1) is 11.1. The summed E-state index contributed by atoms with van der Waals surface area (Å²) in [5, 5.41) is 0. The van der Waals surface area contributed by atoms with Gasteiger partial charge in [-0.2, -0.15) is 13.2 Å². The summed E-state index contributed by atoms with van der Waals surface area (Å²) in [6.07, 6.45) is -3.46. The van der Waals surface area contributed by atoms with Gasteiger partial charge in [-0.1, -0.05) is 0 Å². The first-order valence-electron chi connectivity index (χ1n) is 4.80. The van der Waals surface area contributed by atoms with E-state index in [4.69, 9.17) is 0 Å². The highest BCUT2D eigenvalue weighted by molar-refractivity contribution is 6.00. The second-order valence-corrected chi connectivity index (χ2v) is 3.83. The van der Waals surface area contributed by atoms with Crippen LogP contribution in [0.15, 0.2) is 18.2 Å². The molecule has 0 aromatic heterocycles. The highest BCUT2D eigenvalue weighted by atomic mass is 19.4. The van der Waals surface area contributed by atoms with Gasteiger partial charge >= 0.3 is 6.18 Å². The maximum Gasteiger partial charge on any atom is 0.417 e. The standard InChI is InChI=1S/C11H8F4O/c12-7-3-4-8(10(16)6-1-2-6)9(5-7)11(13,14)15/h3-6H,1-2H2. The Bertz CT molecular complexity index is 432. The van der Waals surface area contributed by atoms with Crippen molar-refractivity contribution < 1.29 is 22.4 Å². The summed E-state index contributed by atoms with van der Waals surface area (Å²) in [4.78, 5) is 11.6. The lowest BCUT2D eigenvalue weighted by Gasteiger charge is -2.11. The van der Waals surface area contributed by atoms with E-state index in [1.165, 1.54) is 0 Å². The van der Waals surface area contributed by atoms with E-state index >= 15 is 0 Å². The molecule has 0 spiro atoms. The minimum Gasteiger partial charge on any atom is -0.294 e. The fraction of sp³-hybridized carbons (Fsp3) is 0.364. The summed E-state index contributed by atoms with van der Waals surface area (Å²) in [5.41, 5.74) is -1.60. The molecule has 1 aliphatic rings. The summed E-state index contributed by atoms with van der Waals surface area (Å²) in [6, 6.07) is 2.17. The molecular formula is C11H8F4O. The quantitative estimate of drug-likeness (QED) is 0.564. The largest absolute Gasteiger partial charge is 0.417 e. The molecule has 86 valence electrons. The number of rotatable bonds is 2. The van der Waals surface area contributed by atoms with Crippen molar-refractivity contribution in [1.82, 2.24) is 0 Å². The maximum absolute atomic E-state index is 12.7. The monoisotopic (exact) mass is 232 g/mol. The van der Waals surface area contributed by atoms with Crippen LogP contribution in [0, 0.1) is 11.7 Å². The Hall–Kier alpha value is -1.39. The Morgan fingerprint density at radius 2 is 1.88 bits per heavy atom. The van der Waals surface area contributed by atoms with E-state index in [2.05, 4.69) is 0 Å². The van der Waals surface area contributed by atoms with Crippen LogP contribution in [0.2, 0.25) is 0 Å². The van der Waals surface area contributed by atoms with E-state index in [9.17, 15) is 22.4 Å². The first-order chi connectivity index (χ1) is 7.39. The lowest BCUT2D eigenvalue weighted by Crippen LogP contribution is -2.14. The van der Waals surface area contributed by atoms with Gasteiger partial charge in [0.1, 0.15) is 5.82 Å². The van der Waals surface area contributed by atoms with Crippen molar-refractivity contribution in [2.45, 2.75) is 19.0 Å². The van der Waals surface area contributed by atoms with Crippen LogP contribution in [0.3, 0.4) is 0 Å². The van der Waals surface area contributed by atoms with Crippen molar-refractivity contribution in [3.8, 4) is 0 Å². The number of halogens is 4. The number of hydrogen-bond donors (Lipinski definition) is 0. The average molecular weight is 232 g/mol. The summed E-state index contributed by atoms with van der Waals surface area (Å²) in [5.74, 6) is -1.83. The van der Waals surface area contributed by atoms with Gasteiger partial charge in [0.2, 0.25) is 0 Å². The highest BCUT2D eigenvalue weighted by Gasteiger charge is 2.39. The van der Waals surface area contributed by atoms with E-state index < -0.39 is 28.9 Å². The SMILES string of the molecule is O=C(c1ccc(F)cc1C(F)(F)F)C1CC1. The number of benzene rings is 1. The molecule has 16 heavy (non-hydrogen) atoms. The molecule has 0 amide bonds. The van der Waals surface area contributed by atoms with Crippen LogP contribution < -0.4 is 0 Å². The van der Waals surface area contributed by atoms with Crippen LogP contribution in [0.5, 0.6) is 0 Å². The third-order valence-electron chi connectivity index (χ3n) is 2.50. The molecule has 0 atom stereocenters. The molecule has 5 heteroatoms. The lowest BCUT2D eigenvalue weighted by atomic mass is 10.0. The molecular weight excluding hydrogens is 224 g/mol. The molecule has 1 aromatic rings. The molecule has 1 saturated carbocycles. The normalized spacial score (nSPS) is 16.2. The summed E-state index contributed by atoms with van der Waals surface area (Å²) < 4.78 is 50.4. The van der Waals surface area contributed by atoms with Gasteiger partial charge in [-0.05, 0) is 31.0 Å². The second-order valence-electron chi connectivity index (χ2n) is 3.83. The number of hydrogen-bond acceptors (Lipinski definition) is 1. The smallest absolute Gasteiger partial charge is 0.294 e. The zero-order valence-corrected chi connectivity index (χ0v) is 8.14. The number of alkyl halides is 3. The van der Waals surface area contributed by atoms with Crippen molar-refractivity contribution >= 4 is 5.78 Å². The van der Waals surface area contributed by atoms with Crippen molar-refractivity contribution in [3.05, 3.63) is 35.1 Å². The Kier molecular flexibility index (Phi) is 2.48. The molecule has 0 N–H and O–H groups in total. The van der Waals surface area contributed by atoms with Gasteiger partial charge in [0, 0.05) is 11.5 Å². The summed E-state index contributed by atoms with van der Waals surface area (Å²) in [6.45, 7) is 0. The van der Waals surface area contributed by atoms with E-state index in [-0.39, 0.29) is 5.92 Å². The second kappa shape index (κ2) is 3.57. The Morgan fingerprint density at radius 1 is 1.25 bits per heavy atom. The van der Waals surface area contributed by atoms with Gasteiger partial charge in [-0.15, -0.1) is 0 Å². The average Bonchev–Trinajstić information content (AvgIpc) is 2.98. The zero-order chi connectivity index (χ0) is 11.9. The molecule has 0 radical (unpaired) electrons. The predicted octanol–water partition coefficient (Wildman–Crippen LogP) is 3.44. The van der Waals surface area contributed by atoms with E-state index in [1.54, 1.807) is 0 Å². The topological polar surface area (TPSA) is 17.1 Å². The maximum atomic E-state index is 12.7. The minimum absolute atomic E-state index is 0.313. The molecule has 0 heterocycles. The van der Waals surface area contributed by atoms with Crippen LogP contribution in [0.1, 0.15) is 28.8 Å². The summed E-state index contributed by atoms with van der Waals surface area (Å²) >= 11 is 0. The molecule has 1 aromatic carbocycles. The van der Waals surface area contributed by atoms with Crippen LogP contribution in [0.4, 0.5) is 17.6 Å². The van der Waals surface area contributed by atoms with Gasteiger partial charge in [-0.3, -0.25) is 4.79 Å².